The second kappa shape index (κ2) is 11.6. The zero-order valence-electron chi connectivity index (χ0n) is 17.3. The number of phenolic OH excluding ortho intramolecular Hbond substituents is 2. The van der Waals surface area contributed by atoms with Crippen LogP contribution in [-0.4, -0.2) is 57.3 Å². The van der Waals surface area contributed by atoms with Gasteiger partial charge in [0.15, 0.2) is 5.17 Å². The minimum atomic E-state index is -0.292. The van der Waals surface area contributed by atoms with Crippen molar-refractivity contribution in [1.82, 2.24) is 9.80 Å². The third-order valence-corrected chi connectivity index (χ3v) is 5.85. The quantitative estimate of drug-likeness (QED) is 0.681. The summed E-state index contributed by atoms with van der Waals surface area (Å²) in [6, 6.07) is 14.7. The fourth-order valence-electron chi connectivity index (χ4n) is 3.27. The molecule has 0 aromatic heterocycles. The van der Waals surface area contributed by atoms with E-state index in [4.69, 9.17) is 0 Å². The molecule has 0 atom stereocenters. The molecule has 7 heteroatoms. The molecule has 0 aliphatic carbocycles. The van der Waals surface area contributed by atoms with E-state index in [-0.39, 0.29) is 24.8 Å². The van der Waals surface area contributed by atoms with Gasteiger partial charge in [-0.3, -0.25) is 9.69 Å². The van der Waals surface area contributed by atoms with Gasteiger partial charge in [-0.25, -0.2) is 0 Å². The molecule has 1 amide bonds. The number of nitrogens with zero attached hydrogens (tertiary/aromatic N) is 3. The summed E-state index contributed by atoms with van der Waals surface area (Å²) in [4.78, 5) is 21.5. The molecule has 2 aliphatic heterocycles. The topological polar surface area (TPSA) is 76.4 Å². The van der Waals surface area contributed by atoms with Gasteiger partial charge in [-0.15, -0.1) is 0 Å². The molecule has 4 rings (SSSR count). The Morgan fingerprint density at radius 3 is 2.35 bits per heavy atom. The Bertz CT molecular complexity index is 936. The molecule has 6 nitrogen and oxygen atoms in total. The molecule has 2 heterocycles. The molecular formula is C24H31N3O3S. The van der Waals surface area contributed by atoms with Gasteiger partial charge in [0.05, 0.1) is 4.91 Å². The Labute approximate surface area is 188 Å². The lowest BCUT2D eigenvalue weighted by atomic mass is 10.2. The fourth-order valence-corrected chi connectivity index (χ4v) is 4.22. The van der Waals surface area contributed by atoms with E-state index >= 15 is 0 Å². The van der Waals surface area contributed by atoms with Gasteiger partial charge in [-0.1, -0.05) is 51.6 Å². The highest BCUT2D eigenvalue weighted by molar-refractivity contribution is 8.18. The van der Waals surface area contributed by atoms with Gasteiger partial charge >= 0.3 is 0 Å². The van der Waals surface area contributed by atoms with Crippen LogP contribution in [0, 0.1) is 0 Å². The van der Waals surface area contributed by atoms with Crippen molar-refractivity contribution < 1.29 is 15.0 Å². The highest BCUT2D eigenvalue weighted by Gasteiger charge is 2.28. The third kappa shape index (κ3) is 6.35. The minimum absolute atomic E-state index is 0. The summed E-state index contributed by atoms with van der Waals surface area (Å²) < 4.78 is 0. The van der Waals surface area contributed by atoms with Crippen LogP contribution in [0.1, 0.15) is 32.4 Å². The summed E-state index contributed by atoms with van der Waals surface area (Å²) >= 11 is 1.33. The number of phenols is 2. The van der Waals surface area contributed by atoms with Crippen LogP contribution in [0.2, 0.25) is 0 Å². The van der Waals surface area contributed by atoms with Gasteiger partial charge in [0.25, 0.3) is 5.91 Å². The van der Waals surface area contributed by atoms with Crippen LogP contribution in [0.25, 0.3) is 6.08 Å². The summed E-state index contributed by atoms with van der Waals surface area (Å²) in [6.07, 6.45) is 1.62. The maximum atomic E-state index is 12.3. The first-order valence-electron chi connectivity index (χ1n) is 10.1. The van der Waals surface area contributed by atoms with Gasteiger partial charge in [-0.05, 0) is 35.5 Å². The molecule has 2 aromatic rings. The first kappa shape index (κ1) is 24.5. The number of benzene rings is 2. The first-order chi connectivity index (χ1) is 14.6. The molecule has 0 unspecified atom stereocenters. The molecule has 2 aliphatic rings. The average molecular weight is 442 g/mol. The average Bonchev–Trinajstić information content (AvgIpc) is 3.13. The lowest BCUT2D eigenvalue weighted by Gasteiger charge is -2.35. The second-order valence-electron chi connectivity index (χ2n) is 6.80. The lowest BCUT2D eigenvalue weighted by molar-refractivity contribution is -0.113. The number of thioether (sulfide) groups is 1. The number of carbonyl (C=O) groups is 1. The number of hydrogen-bond donors (Lipinski definition) is 2. The minimum Gasteiger partial charge on any atom is -0.508 e. The van der Waals surface area contributed by atoms with E-state index in [1.54, 1.807) is 12.1 Å². The molecule has 166 valence electrons. The van der Waals surface area contributed by atoms with E-state index in [2.05, 4.69) is 39.1 Å². The smallest absolute Gasteiger partial charge is 0.286 e. The van der Waals surface area contributed by atoms with Crippen LogP contribution in [0.15, 0.2) is 58.4 Å². The first-order valence-corrected chi connectivity index (χ1v) is 11.0. The number of amidine groups is 1. The predicted molar refractivity (Wildman–Crippen MR) is 129 cm³/mol. The number of piperazine rings is 1. The van der Waals surface area contributed by atoms with Crippen molar-refractivity contribution in [2.45, 2.75) is 27.8 Å². The largest absolute Gasteiger partial charge is 0.508 e. The van der Waals surface area contributed by atoms with Crippen LogP contribution in [0.4, 0.5) is 0 Å². The summed E-state index contributed by atoms with van der Waals surface area (Å²) in [6.45, 7) is 8.41. The monoisotopic (exact) mass is 441 g/mol. The van der Waals surface area contributed by atoms with Gasteiger partial charge < -0.3 is 15.1 Å². The standard InChI is InChI=1S/C21H21N3O3S.C2H6.CH4/c25-17-7-6-16(18(26)13-17)12-19-20(27)22-21(28-19)24-10-8-23(9-11-24)14-15-4-2-1-3-5-15;1-2;/h1-7,12-13,25-26H,8-11,14H2;1-2H3;1H4/b19-12-;;. The van der Waals surface area contributed by atoms with Crippen molar-refractivity contribution in [2.24, 2.45) is 4.99 Å². The van der Waals surface area contributed by atoms with Gasteiger partial charge in [0, 0.05) is 44.4 Å². The van der Waals surface area contributed by atoms with Crippen molar-refractivity contribution in [1.29, 1.82) is 0 Å². The van der Waals surface area contributed by atoms with Crippen LogP contribution in [-0.2, 0) is 11.3 Å². The molecule has 2 N–H and O–H groups in total. The molecule has 2 aromatic carbocycles. The maximum Gasteiger partial charge on any atom is 0.286 e. The molecule has 1 saturated heterocycles. The molecular weight excluding hydrogens is 410 g/mol. The molecule has 0 saturated carbocycles. The molecule has 0 spiro atoms. The van der Waals surface area contributed by atoms with Crippen molar-refractivity contribution in [3.63, 3.8) is 0 Å². The van der Waals surface area contributed by atoms with Crippen molar-refractivity contribution in [3.8, 4) is 11.5 Å². The Hall–Kier alpha value is -2.77. The summed E-state index contributed by atoms with van der Waals surface area (Å²) in [5.74, 6) is -0.376. The second-order valence-corrected chi connectivity index (χ2v) is 7.81. The number of amides is 1. The molecule has 0 bridgehead atoms. The molecule has 1 fully saturated rings. The summed E-state index contributed by atoms with van der Waals surface area (Å²) in [5.41, 5.74) is 1.79. The summed E-state index contributed by atoms with van der Waals surface area (Å²) in [7, 11) is 0. The maximum absolute atomic E-state index is 12.3. The van der Waals surface area contributed by atoms with E-state index in [9.17, 15) is 15.0 Å². The number of aliphatic imine (C=N–C) groups is 1. The summed E-state index contributed by atoms with van der Waals surface area (Å²) in [5, 5.41) is 20.0. The van der Waals surface area contributed by atoms with Crippen molar-refractivity contribution >= 4 is 28.9 Å². The number of aromatic hydroxyl groups is 2. The highest BCUT2D eigenvalue weighted by atomic mass is 32.2. The van der Waals surface area contributed by atoms with Gasteiger partial charge in [0.1, 0.15) is 11.5 Å². The van der Waals surface area contributed by atoms with Crippen molar-refractivity contribution in [2.75, 3.05) is 26.2 Å². The van der Waals surface area contributed by atoms with Crippen molar-refractivity contribution in [3.05, 3.63) is 64.6 Å². The number of rotatable bonds is 3. The van der Waals surface area contributed by atoms with E-state index in [0.717, 1.165) is 32.7 Å². The molecule has 0 radical (unpaired) electrons. The Morgan fingerprint density at radius 1 is 1.03 bits per heavy atom. The number of carbonyl (C=O) groups excluding carboxylic acids is 1. The lowest BCUT2D eigenvalue weighted by Crippen LogP contribution is -2.47. The Balaban J connectivity index is 0.00000111. The van der Waals surface area contributed by atoms with Gasteiger partial charge in [0.2, 0.25) is 0 Å². The van der Waals surface area contributed by atoms with E-state index in [1.165, 1.54) is 29.5 Å². The normalized spacial score (nSPS) is 17.6. The SMILES string of the molecule is C.CC.O=C1N=C(N2CCN(Cc3ccccc3)CC2)S/C1=C\c1ccc(O)cc1O. The van der Waals surface area contributed by atoms with E-state index in [0.29, 0.717) is 15.6 Å². The fraction of sp³-hybridized carbons (Fsp3) is 0.333. The van der Waals surface area contributed by atoms with Gasteiger partial charge in [-0.2, -0.15) is 4.99 Å². The third-order valence-electron chi connectivity index (χ3n) is 4.80. The molecule has 31 heavy (non-hydrogen) atoms. The Morgan fingerprint density at radius 2 is 1.71 bits per heavy atom. The predicted octanol–water partition coefficient (Wildman–Crippen LogP) is 4.55. The zero-order valence-corrected chi connectivity index (χ0v) is 18.1. The van der Waals surface area contributed by atoms with Crippen LogP contribution < -0.4 is 0 Å². The van der Waals surface area contributed by atoms with E-state index in [1.807, 2.05) is 19.9 Å². The van der Waals surface area contributed by atoms with Crippen LogP contribution in [0.3, 0.4) is 0 Å². The number of hydrogen-bond acceptors (Lipinski definition) is 6. The Kier molecular flexibility index (Phi) is 9.15. The van der Waals surface area contributed by atoms with Crippen LogP contribution in [0.5, 0.6) is 11.5 Å². The van der Waals surface area contributed by atoms with E-state index < -0.39 is 0 Å². The highest BCUT2D eigenvalue weighted by Crippen LogP contribution is 2.33. The zero-order chi connectivity index (χ0) is 21.5. The van der Waals surface area contributed by atoms with Crippen LogP contribution >= 0.6 is 11.8 Å².